The van der Waals surface area contributed by atoms with Crippen LogP contribution in [0.3, 0.4) is 0 Å². The van der Waals surface area contributed by atoms with E-state index in [-0.39, 0.29) is 12.2 Å². The fraction of sp³-hybridized carbons (Fsp3) is 0.154. The molecule has 2 heterocycles. The highest BCUT2D eigenvalue weighted by atomic mass is 16.5. The summed E-state index contributed by atoms with van der Waals surface area (Å²) in [6, 6.07) is 7.24. The summed E-state index contributed by atoms with van der Waals surface area (Å²) in [6.45, 7) is 0. The van der Waals surface area contributed by atoms with E-state index in [1.54, 1.807) is 6.07 Å². The third-order valence-corrected chi connectivity index (χ3v) is 2.66. The van der Waals surface area contributed by atoms with Gasteiger partial charge in [-0.05, 0) is 17.7 Å². The number of carbonyl (C=O) groups excluding carboxylic acids is 1. The summed E-state index contributed by atoms with van der Waals surface area (Å²) in [7, 11) is 0. The number of fused-ring (bicyclic) bond motifs is 1. The third-order valence-electron chi connectivity index (χ3n) is 2.66. The van der Waals surface area contributed by atoms with Crippen LogP contribution in [-0.4, -0.2) is 15.9 Å². The Morgan fingerprint density at radius 2 is 2.17 bits per heavy atom. The van der Waals surface area contributed by atoms with Crippen molar-refractivity contribution >= 4 is 16.9 Å². The molecular formula is C13H10N2O3. The second-order valence-electron chi connectivity index (χ2n) is 4.03. The SMILES string of the molecule is O=C(Cc1ccc2ocnc2c1)Cc1ccno1. The van der Waals surface area contributed by atoms with Crippen molar-refractivity contribution < 1.29 is 13.7 Å². The summed E-state index contributed by atoms with van der Waals surface area (Å²) in [6.07, 6.45) is 3.54. The minimum atomic E-state index is 0.0783. The second kappa shape index (κ2) is 4.44. The Hall–Kier alpha value is -2.43. The highest BCUT2D eigenvalue weighted by molar-refractivity contribution is 5.84. The monoisotopic (exact) mass is 242 g/mol. The zero-order chi connectivity index (χ0) is 12.4. The zero-order valence-corrected chi connectivity index (χ0v) is 9.50. The van der Waals surface area contributed by atoms with Crippen LogP contribution in [0.25, 0.3) is 11.1 Å². The number of benzene rings is 1. The van der Waals surface area contributed by atoms with Crippen LogP contribution in [0.4, 0.5) is 0 Å². The van der Waals surface area contributed by atoms with E-state index < -0.39 is 0 Å². The van der Waals surface area contributed by atoms with E-state index in [1.807, 2.05) is 18.2 Å². The van der Waals surface area contributed by atoms with Crippen LogP contribution in [0, 0.1) is 0 Å². The molecule has 0 aliphatic rings. The molecule has 0 N–H and O–H groups in total. The summed E-state index contributed by atoms with van der Waals surface area (Å²) in [5.41, 5.74) is 2.40. The normalized spacial score (nSPS) is 10.9. The molecule has 0 aliphatic heterocycles. The molecule has 0 aliphatic carbocycles. The maximum atomic E-state index is 11.8. The van der Waals surface area contributed by atoms with Crippen molar-refractivity contribution in [3.63, 3.8) is 0 Å². The number of hydrogen-bond acceptors (Lipinski definition) is 5. The molecule has 0 bridgehead atoms. The predicted octanol–water partition coefficient (Wildman–Crippen LogP) is 2.17. The largest absolute Gasteiger partial charge is 0.443 e. The first-order chi connectivity index (χ1) is 8.81. The molecule has 3 rings (SSSR count). The van der Waals surface area contributed by atoms with Gasteiger partial charge in [0, 0.05) is 12.5 Å². The van der Waals surface area contributed by atoms with E-state index in [0.717, 1.165) is 16.7 Å². The van der Waals surface area contributed by atoms with Gasteiger partial charge in [-0.2, -0.15) is 0 Å². The lowest BCUT2D eigenvalue weighted by Crippen LogP contribution is -2.05. The first kappa shape index (κ1) is 10.7. The van der Waals surface area contributed by atoms with E-state index >= 15 is 0 Å². The molecule has 3 aromatic rings. The van der Waals surface area contributed by atoms with Gasteiger partial charge in [-0.3, -0.25) is 4.79 Å². The molecule has 0 amide bonds. The fourth-order valence-corrected chi connectivity index (χ4v) is 1.83. The van der Waals surface area contributed by atoms with Crippen molar-refractivity contribution in [3.8, 4) is 0 Å². The van der Waals surface area contributed by atoms with Crippen molar-refractivity contribution in [2.45, 2.75) is 12.8 Å². The molecule has 2 aromatic heterocycles. The first-order valence-electron chi connectivity index (χ1n) is 5.54. The predicted molar refractivity (Wildman–Crippen MR) is 62.9 cm³/mol. The molecule has 5 nitrogen and oxygen atoms in total. The Labute approximate surface area is 102 Å². The standard InChI is InChI=1S/C13H10N2O3/c16-10(7-11-3-4-15-18-11)5-9-1-2-13-12(6-9)14-8-17-13/h1-4,6,8H,5,7H2. The molecule has 90 valence electrons. The van der Waals surface area contributed by atoms with Gasteiger partial charge in [0.05, 0.1) is 12.6 Å². The molecule has 0 unspecified atom stereocenters. The molecule has 0 atom stereocenters. The maximum absolute atomic E-state index is 11.8. The van der Waals surface area contributed by atoms with Crippen LogP contribution in [-0.2, 0) is 17.6 Å². The number of carbonyl (C=O) groups is 1. The van der Waals surface area contributed by atoms with Gasteiger partial charge in [-0.25, -0.2) is 4.98 Å². The number of oxazole rings is 1. The molecular weight excluding hydrogens is 232 g/mol. The Kier molecular flexibility index (Phi) is 2.64. The maximum Gasteiger partial charge on any atom is 0.181 e. The van der Waals surface area contributed by atoms with Crippen molar-refractivity contribution in [3.05, 3.63) is 48.2 Å². The second-order valence-corrected chi connectivity index (χ2v) is 4.03. The fourth-order valence-electron chi connectivity index (χ4n) is 1.83. The van der Waals surface area contributed by atoms with Crippen molar-refractivity contribution in [2.75, 3.05) is 0 Å². The lowest BCUT2D eigenvalue weighted by Gasteiger charge is -1.99. The summed E-state index contributed by atoms with van der Waals surface area (Å²) in [4.78, 5) is 15.9. The topological polar surface area (TPSA) is 69.1 Å². The van der Waals surface area contributed by atoms with E-state index in [4.69, 9.17) is 8.94 Å². The van der Waals surface area contributed by atoms with Crippen LogP contribution < -0.4 is 0 Å². The minimum Gasteiger partial charge on any atom is -0.443 e. The number of nitrogens with zero attached hydrogens (tertiary/aromatic N) is 2. The van der Waals surface area contributed by atoms with Gasteiger partial charge in [-0.1, -0.05) is 11.2 Å². The van der Waals surface area contributed by atoms with Crippen molar-refractivity contribution in [2.24, 2.45) is 0 Å². The first-order valence-corrected chi connectivity index (χ1v) is 5.54. The van der Waals surface area contributed by atoms with E-state index in [0.29, 0.717) is 12.2 Å². The molecule has 0 spiro atoms. The lowest BCUT2D eigenvalue weighted by molar-refractivity contribution is -0.118. The zero-order valence-electron chi connectivity index (χ0n) is 9.50. The molecule has 18 heavy (non-hydrogen) atoms. The molecule has 5 heteroatoms. The van der Waals surface area contributed by atoms with Crippen LogP contribution in [0.5, 0.6) is 0 Å². The van der Waals surface area contributed by atoms with Gasteiger partial charge in [-0.15, -0.1) is 0 Å². The van der Waals surface area contributed by atoms with Gasteiger partial charge in [0.15, 0.2) is 12.0 Å². The molecule has 0 fully saturated rings. The third kappa shape index (κ3) is 2.15. The smallest absolute Gasteiger partial charge is 0.181 e. The minimum absolute atomic E-state index is 0.0783. The number of hydrogen-bond donors (Lipinski definition) is 0. The molecule has 0 radical (unpaired) electrons. The number of ketones is 1. The van der Waals surface area contributed by atoms with Crippen LogP contribution in [0.2, 0.25) is 0 Å². The quantitative estimate of drug-likeness (QED) is 0.701. The van der Waals surface area contributed by atoms with Crippen LogP contribution >= 0.6 is 0 Å². The number of Topliss-reactive ketones (excluding diaryl/α,β-unsaturated/α-hetero) is 1. The molecule has 0 saturated heterocycles. The lowest BCUT2D eigenvalue weighted by atomic mass is 10.1. The summed E-state index contributed by atoms with van der Waals surface area (Å²) in [5.74, 6) is 0.664. The van der Waals surface area contributed by atoms with Crippen LogP contribution in [0.15, 0.2) is 45.8 Å². The highest BCUT2D eigenvalue weighted by Gasteiger charge is 2.09. The van der Waals surface area contributed by atoms with Gasteiger partial charge in [0.25, 0.3) is 0 Å². The van der Waals surface area contributed by atoms with Gasteiger partial charge in [0.2, 0.25) is 0 Å². The van der Waals surface area contributed by atoms with E-state index in [9.17, 15) is 4.79 Å². The molecule has 1 aromatic carbocycles. The van der Waals surface area contributed by atoms with E-state index in [1.165, 1.54) is 12.6 Å². The van der Waals surface area contributed by atoms with Crippen molar-refractivity contribution in [1.82, 2.24) is 10.1 Å². The van der Waals surface area contributed by atoms with Gasteiger partial charge in [0.1, 0.15) is 17.1 Å². The number of rotatable bonds is 4. The summed E-state index contributed by atoms with van der Waals surface area (Å²) in [5, 5.41) is 3.57. The van der Waals surface area contributed by atoms with E-state index in [2.05, 4.69) is 10.1 Å². The Balaban J connectivity index is 1.73. The average molecular weight is 242 g/mol. The van der Waals surface area contributed by atoms with Crippen LogP contribution in [0.1, 0.15) is 11.3 Å². The number of aromatic nitrogens is 2. The highest BCUT2D eigenvalue weighted by Crippen LogP contribution is 2.15. The van der Waals surface area contributed by atoms with Gasteiger partial charge >= 0.3 is 0 Å². The Morgan fingerprint density at radius 1 is 1.22 bits per heavy atom. The summed E-state index contributed by atoms with van der Waals surface area (Å²) < 4.78 is 10.0. The average Bonchev–Trinajstić information content (AvgIpc) is 2.98. The van der Waals surface area contributed by atoms with Gasteiger partial charge < -0.3 is 8.94 Å². The van der Waals surface area contributed by atoms with Crippen molar-refractivity contribution in [1.29, 1.82) is 0 Å². The summed E-state index contributed by atoms with van der Waals surface area (Å²) >= 11 is 0. The molecule has 0 saturated carbocycles. The Bertz CT molecular complexity index is 670. The Morgan fingerprint density at radius 3 is 3.00 bits per heavy atom.